The molecule has 2 nitrogen and oxygen atoms in total. The Balaban J connectivity index is 2.10. The van der Waals surface area contributed by atoms with Gasteiger partial charge in [-0.1, -0.05) is 33.1 Å². The number of hydrogen-bond donors (Lipinski definition) is 1. The molecule has 0 heterocycles. The van der Waals surface area contributed by atoms with Crippen LogP contribution in [0.3, 0.4) is 0 Å². The van der Waals surface area contributed by atoms with Crippen molar-refractivity contribution in [2.24, 2.45) is 17.6 Å². The zero-order valence-electron chi connectivity index (χ0n) is 11.1. The number of hydrogen-bond acceptors (Lipinski definition) is 2. The van der Waals surface area contributed by atoms with Crippen molar-refractivity contribution in [3.05, 3.63) is 0 Å². The summed E-state index contributed by atoms with van der Waals surface area (Å²) in [7, 11) is 0. The molecule has 1 saturated carbocycles. The molecule has 0 spiro atoms. The van der Waals surface area contributed by atoms with Crippen LogP contribution in [0.1, 0.15) is 58.8 Å². The lowest BCUT2D eigenvalue weighted by Crippen LogP contribution is -2.34. The summed E-state index contributed by atoms with van der Waals surface area (Å²) in [4.78, 5) is 0. The molecule has 1 atom stereocenters. The van der Waals surface area contributed by atoms with Crippen LogP contribution in [0.25, 0.3) is 0 Å². The van der Waals surface area contributed by atoms with Crippen molar-refractivity contribution < 1.29 is 4.74 Å². The Labute approximate surface area is 101 Å². The summed E-state index contributed by atoms with van der Waals surface area (Å²) in [6, 6.07) is 0.370. The highest BCUT2D eigenvalue weighted by atomic mass is 16.5. The monoisotopic (exact) mass is 227 g/mol. The second-order valence-electron chi connectivity index (χ2n) is 5.25. The lowest BCUT2D eigenvalue weighted by molar-refractivity contribution is 0.116. The Morgan fingerprint density at radius 3 is 2.38 bits per heavy atom. The van der Waals surface area contributed by atoms with E-state index in [2.05, 4.69) is 13.8 Å². The summed E-state index contributed by atoms with van der Waals surface area (Å²) in [5.74, 6) is 1.73. The van der Waals surface area contributed by atoms with Crippen molar-refractivity contribution in [1.82, 2.24) is 0 Å². The van der Waals surface area contributed by atoms with Crippen molar-refractivity contribution in [3.63, 3.8) is 0 Å². The molecule has 0 aliphatic heterocycles. The van der Waals surface area contributed by atoms with Crippen LogP contribution in [0, 0.1) is 11.8 Å². The largest absolute Gasteiger partial charge is 0.381 e. The fraction of sp³-hybridized carbons (Fsp3) is 1.00. The molecule has 0 aromatic carbocycles. The SMILES string of the molecule is CCCOCCC(N)C1CCC(CC)CC1. The summed E-state index contributed by atoms with van der Waals surface area (Å²) in [6.45, 7) is 6.19. The molecule has 96 valence electrons. The number of ether oxygens (including phenoxy) is 1. The van der Waals surface area contributed by atoms with Crippen molar-refractivity contribution in [3.8, 4) is 0 Å². The number of rotatable bonds is 7. The standard InChI is InChI=1S/C14H29NO/c1-3-10-16-11-9-14(15)13-7-5-12(4-2)6-8-13/h12-14H,3-11,15H2,1-2H3. The third kappa shape index (κ3) is 4.84. The van der Waals surface area contributed by atoms with Crippen LogP contribution in [-0.2, 0) is 4.74 Å². The van der Waals surface area contributed by atoms with Crippen LogP contribution >= 0.6 is 0 Å². The summed E-state index contributed by atoms with van der Waals surface area (Å²) in [5, 5.41) is 0. The Hall–Kier alpha value is -0.0800. The zero-order valence-corrected chi connectivity index (χ0v) is 11.1. The van der Waals surface area contributed by atoms with Crippen molar-refractivity contribution in [2.75, 3.05) is 13.2 Å². The van der Waals surface area contributed by atoms with Gasteiger partial charge in [-0.3, -0.25) is 0 Å². The minimum absolute atomic E-state index is 0.370. The molecule has 1 rings (SSSR count). The molecule has 2 heteroatoms. The van der Waals surface area contributed by atoms with Crippen LogP contribution in [0.15, 0.2) is 0 Å². The molecule has 0 aromatic rings. The summed E-state index contributed by atoms with van der Waals surface area (Å²) >= 11 is 0. The van der Waals surface area contributed by atoms with Gasteiger partial charge in [0, 0.05) is 19.3 Å². The average Bonchev–Trinajstić information content (AvgIpc) is 2.34. The maximum absolute atomic E-state index is 6.24. The predicted molar refractivity (Wildman–Crippen MR) is 69.4 cm³/mol. The molecule has 0 radical (unpaired) electrons. The highest BCUT2D eigenvalue weighted by Crippen LogP contribution is 2.32. The van der Waals surface area contributed by atoms with E-state index in [1.807, 2.05) is 0 Å². The van der Waals surface area contributed by atoms with Crippen molar-refractivity contribution in [1.29, 1.82) is 0 Å². The van der Waals surface area contributed by atoms with E-state index >= 15 is 0 Å². The van der Waals surface area contributed by atoms with E-state index in [9.17, 15) is 0 Å². The second-order valence-corrected chi connectivity index (χ2v) is 5.25. The van der Waals surface area contributed by atoms with E-state index in [1.165, 1.54) is 32.1 Å². The third-order valence-corrected chi connectivity index (χ3v) is 4.02. The first-order chi connectivity index (χ1) is 7.77. The molecule has 2 N–H and O–H groups in total. The minimum atomic E-state index is 0.370. The van der Waals surface area contributed by atoms with Gasteiger partial charge in [0.1, 0.15) is 0 Å². The third-order valence-electron chi connectivity index (χ3n) is 4.02. The molecule has 1 fully saturated rings. The van der Waals surface area contributed by atoms with Gasteiger partial charge < -0.3 is 10.5 Å². The molecule has 16 heavy (non-hydrogen) atoms. The van der Waals surface area contributed by atoms with E-state index < -0.39 is 0 Å². The van der Waals surface area contributed by atoms with E-state index in [0.717, 1.165) is 37.9 Å². The first-order valence-electron chi connectivity index (χ1n) is 7.11. The van der Waals surface area contributed by atoms with Crippen LogP contribution in [0.4, 0.5) is 0 Å². The van der Waals surface area contributed by atoms with Crippen LogP contribution < -0.4 is 5.73 Å². The quantitative estimate of drug-likeness (QED) is 0.677. The summed E-state index contributed by atoms with van der Waals surface area (Å²) in [6.07, 6.45) is 8.97. The van der Waals surface area contributed by atoms with Crippen molar-refractivity contribution >= 4 is 0 Å². The van der Waals surface area contributed by atoms with E-state index in [-0.39, 0.29) is 0 Å². The first kappa shape index (κ1) is 14.0. The van der Waals surface area contributed by atoms with Crippen LogP contribution in [-0.4, -0.2) is 19.3 Å². The van der Waals surface area contributed by atoms with Crippen molar-refractivity contribution in [2.45, 2.75) is 64.8 Å². The van der Waals surface area contributed by atoms with Gasteiger partial charge in [-0.15, -0.1) is 0 Å². The Bertz CT molecular complexity index is 164. The maximum Gasteiger partial charge on any atom is 0.0480 e. The summed E-state index contributed by atoms with van der Waals surface area (Å²) < 4.78 is 5.51. The minimum Gasteiger partial charge on any atom is -0.381 e. The predicted octanol–water partition coefficient (Wildman–Crippen LogP) is 3.35. The van der Waals surface area contributed by atoms with Gasteiger partial charge in [-0.05, 0) is 37.5 Å². The first-order valence-corrected chi connectivity index (χ1v) is 7.11. The number of nitrogens with two attached hydrogens (primary N) is 1. The van der Waals surface area contributed by atoms with Gasteiger partial charge in [-0.2, -0.15) is 0 Å². The topological polar surface area (TPSA) is 35.2 Å². The van der Waals surface area contributed by atoms with E-state index in [1.54, 1.807) is 0 Å². The fourth-order valence-electron chi connectivity index (χ4n) is 2.73. The lowest BCUT2D eigenvalue weighted by atomic mass is 9.77. The van der Waals surface area contributed by atoms with Crippen LogP contribution in [0.5, 0.6) is 0 Å². The Morgan fingerprint density at radius 2 is 1.81 bits per heavy atom. The normalized spacial score (nSPS) is 27.9. The van der Waals surface area contributed by atoms with Gasteiger partial charge in [-0.25, -0.2) is 0 Å². The van der Waals surface area contributed by atoms with Gasteiger partial charge in [0.25, 0.3) is 0 Å². The van der Waals surface area contributed by atoms with E-state index in [4.69, 9.17) is 10.5 Å². The highest BCUT2D eigenvalue weighted by molar-refractivity contribution is 4.79. The molecule has 1 aliphatic rings. The van der Waals surface area contributed by atoms with Gasteiger partial charge >= 0.3 is 0 Å². The fourth-order valence-corrected chi connectivity index (χ4v) is 2.73. The lowest BCUT2D eigenvalue weighted by Gasteiger charge is -2.31. The molecular weight excluding hydrogens is 198 g/mol. The highest BCUT2D eigenvalue weighted by Gasteiger charge is 2.24. The Morgan fingerprint density at radius 1 is 1.12 bits per heavy atom. The molecule has 0 saturated heterocycles. The molecule has 1 aliphatic carbocycles. The average molecular weight is 227 g/mol. The molecule has 1 unspecified atom stereocenters. The van der Waals surface area contributed by atoms with Gasteiger partial charge in [0.2, 0.25) is 0 Å². The van der Waals surface area contributed by atoms with Gasteiger partial charge in [0.15, 0.2) is 0 Å². The second kappa shape index (κ2) is 8.08. The van der Waals surface area contributed by atoms with Crippen LogP contribution in [0.2, 0.25) is 0 Å². The van der Waals surface area contributed by atoms with E-state index in [0.29, 0.717) is 6.04 Å². The van der Waals surface area contributed by atoms with Gasteiger partial charge in [0.05, 0.1) is 0 Å². The molecule has 0 amide bonds. The Kier molecular flexibility index (Phi) is 7.06. The zero-order chi connectivity index (χ0) is 11.8. The molecule has 0 bridgehead atoms. The maximum atomic E-state index is 6.24. The molecular formula is C14H29NO. The smallest absolute Gasteiger partial charge is 0.0480 e. The molecule has 0 aromatic heterocycles. The summed E-state index contributed by atoms with van der Waals surface area (Å²) in [5.41, 5.74) is 6.24.